The summed E-state index contributed by atoms with van der Waals surface area (Å²) in [5.74, 6) is 0.146. The van der Waals surface area contributed by atoms with Crippen molar-refractivity contribution in [1.29, 1.82) is 0 Å². The first-order valence-corrected chi connectivity index (χ1v) is 12.2. The fourth-order valence-electron chi connectivity index (χ4n) is 3.76. The SMILES string of the molecule is O=C(COc1ccc(S(=O)(=O)N2CCCCC2)cc1)Nc1ccccc1-c1ccccc1. The van der Waals surface area contributed by atoms with Crippen LogP contribution in [0.4, 0.5) is 5.69 Å². The first-order valence-electron chi connectivity index (χ1n) is 10.7. The molecule has 3 aromatic rings. The molecule has 4 rings (SSSR count). The first-order chi connectivity index (χ1) is 15.5. The minimum atomic E-state index is -3.48. The van der Waals surface area contributed by atoms with Gasteiger partial charge in [0.25, 0.3) is 5.91 Å². The highest BCUT2D eigenvalue weighted by Crippen LogP contribution is 2.27. The summed E-state index contributed by atoms with van der Waals surface area (Å²) in [4.78, 5) is 12.7. The molecule has 6 nitrogen and oxygen atoms in total. The van der Waals surface area contributed by atoms with Crippen molar-refractivity contribution < 1.29 is 17.9 Å². The summed E-state index contributed by atoms with van der Waals surface area (Å²) in [7, 11) is -3.48. The highest BCUT2D eigenvalue weighted by Gasteiger charge is 2.25. The summed E-state index contributed by atoms with van der Waals surface area (Å²) in [6.07, 6.45) is 2.85. The molecule has 0 atom stereocenters. The van der Waals surface area contributed by atoms with Gasteiger partial charge in [0.05, 0.1) is 4.90 Å². The van der Waals surface area contributed by atoms with Crippen molar-refractivity contribution in [2.75, 3.05) is 25.0 Å². The molecule has 1 aliphatic rings. The van der Waals surface area contributed by atoms with Crippen molar-refractivity contribution in [2.45, 2.75) is 24.2 Å². The molecular formula is C25H26N2O4S. The van der Waals surface area contributed by atoms with E-state index in [0.717, 1.165) is 30.4 Å². The maximum Gasteiger partial charge on any atom is 0.262 e. The molecule has 0 spiro atoms. The summed E-state index contributed by atoms with van der Waals surface area (Å²) in [6.45, 7) is 0.942. The Morgan fingerprint density at radius 3 is 2.22 bits per heavy atom. The van der Waals surface area contributed by atoms with Gasteiger partial charge in [-0.3, -0.25) is 4.79 Å². The predicted octanol–water partition coefficient (Wildman–Crippen LogP) is 4.55. The molecule has 1 fully saturated rings. The maximum absolute atomic E-state index is 12.7. The van der Waals surface area contributed by atoms with Crippen LogP contribution in [-0.4, -0.2) is 38.3 Å². The third-order valence-corrected chi connectivity index (χ3v) is 7.35. The van der Waals surface area contributed by atoms with Crippen LogP contribution >= 0.6 is 0 Å². The largest absolute Gasteiger partial charge is 0.484 e. The Morgan fingerprint density at radius 2 is 1.50 bits per heavy atom. The molecule has 166 valence electrons. The zero-order chi connectivity index (χ0) is 22.4. The molecule has 1 amide bonds. The number of rotatable bonds is 7. The van der Waals surface area contributed by atoms with Gasteiger partial charge >= 0.3 is 0 Å². The fourth-order valence-corrected chi connectivity index (χ4v) is 5.28. The van der Waals surface area contributed by atoms with Gasteiger partial charge in [0.2, 0.25) is 10.0 Å². The monoisotopic (exact) mass is 450 g/mol. The Morgan fingerprint density at radius 1 is 0.844 bits per heavy atom. The topological polar surface area (TPSA) is 75.7 Å². The Labute approximate surface area is 188 Å². The van der Waals surface area contributed by atoms with Crippen LogP contribution in [0.1, 0.15) is 19.3 Å². The third-order valence-electron chi connectivity index (χ3n) is 5.43. The number of para-hydroxylation sites is 1. The lowest BCUT2D eigenvalue weighted by Gasteiger charge is -2.25. The van der Waals surface area contributed by atoms with E-state index in [9.17, 15) is 13.2 Å². The van der Waals surface area contributed by atoms with E-state index in [4.69, 9.17) is 4.74 Å². The number of amides is 1. The molecule has 1 saturated heterocycles. The lowest BCUT2D eigenvalue weighted by atomic mass is 10.0. The third kappa shape index (κ3) is 5.18. The highest BCUT2D eigenvalue weighted by atomic mass is 32.2. The quantitative estimate of drug-likeness (QED) is 0.573. The predicted molar refractivity (Wildman–Crippen MR) is 125 cm³/mol. The van der Waals surface area contributed by atoms with Crippen LogP contribution in [-0.2, 0) is 14.8 Å². The average Bonchev–Trinajstić information content (AvgIpc) is 2.84. The number of hydrogen-bond donors (Lipinski definition) is 1. The molecule has 0 unspecified atom stereocenters. The van der Waals surface area contributed by atoms with Crippen molar-refractivity contribution in [1.82, 2.24) is 4.31 Å². The molecular weight excluding hydrogens is 424 g/mol. The standard InChI is InChI=1S/C25H26N2O4S/c28-25(26-24-12-6-5-11-23(24)20-9-3-1-4-10-20)19-31-21-13-15-22(16-14-21)32(29,30)27-17-7-2-8-18-27/h1,3-6,9-16H,2,7-8,17-19H2,(H,26,28). The molecule has 3 aromatic carbocycles. The molecule has 0 bridgehead atoms. The number of anilines is 1. The van der Waals surface area contributed by atoms with Crippen LogP contribution in [0.25, 0.3) is 11.1 Å². The Kier molecular flexibility index (Phi) is 6.87. The molecule has 0 aliphatic carbocycles. The number of ether oxygens (including phenoxy) is 1. The fraction of sp³-hybridized carbons (Fsp3) is 0.240. The normalized spacial score (nSPS) is 14.6. The Balaban J connectivity index is 1.37. The van der Waals surface area contributed by atoms with Crippen molar-refractivity contribution in [2.24, 2.45) is 0 Å². The number of nitrogens with zero attached hydrogens (tertiary/aromatic N) is 1. The van der Waals surface area contributed by atoms with Gasteiger partial charge in [0.1, 0.15) is 5.75 Å². The number of piperidine rings is 1. The summed E-state index contributed by atoms with van der Waals surface area (Å²) in [6, 6.07) is 23.6. The van der Waals surface area contributed by atoms with Gasteiger partial charge in [-0.25, -0.2) is 8.42 Å². The minimum Gasteiger partial charge on any atom is -0.484 e. The second-order valence-corrected chi connectivity index (χ2v) is 9.62. The summed E-state index contributed by atoms with van der Waals surface area (Å²) >= 11 is 0. The van der Waals surface area contributed by atoms with E-state index in [-0.39, 0.29) is 17.4 Å². The summed E-state index contributed by atoms with van der Waals surface area (Å²) in [5.41, 5.74) is 2.64. The highest BCUT2D eigenvalue weighted by molar-refractivity contribution is 7.89. The molecule has 0 saturated carbocycles. The van der Waals surface area contributed by atoms with Crippen LogP contribution in [0.2, 0.25) is 0 Å². The molecule has 1 aliphatic heterocycles. The van der Waals surface area contributed by atoms with Gasteiger partial charge in [0.15, 0.2) is 6.61 Å². The molecule has 32 heavy (non-hydrogen) atoms. The number of nitrogens with one attached hydrogen (secondary N) is 1. The van der Waals surface area contributed by atoms with Gasteiger partial charge in [0, 0.05) is 24.3 Å². The van der Waals surface area contributed by atoms with Crippen molar-refractivity contribution in [3.8, 4) is 16.9 Å². The second-order valence-electron chi connectivity index (χ2n) is 7.68. The number of hydrogen-bond acceptors (Lipinski definition) is 4. The van der Waals surface area contributed by atoms with Gasteiger partial charge in [-0.15, -0.1) is 0 Å². The molecule has 7 heteroatoms. The van der Waals surface area contributed by atoms with E-state index >= 15 is 0 Å². The van der Waals surface area contributed by atoms with Crippen LogP contribution in [0.5, 0.6) is 5.75 Å². The van der Waals surface area contributed by atoms with E-state index in [0.29, 0.717) is 24.5 Å². The van der Waals surface area contributed by atoms with Crippen LogP contribution < -0.4 is 10.1 Å². The lowest BCUT2D eigenvalue weighted by molar-refractivity contribution is -0.118. The van der Waals surface area contributed by atoms with Gasteiger partial charge in [-0.1, -0.05) is 55.0 Å². The summed E-state index contributed by atoms with van der Waals surface area (Å²) < 4.78 is 32.6. The van der Waals surface area contributed by atoms with Crippen molar-refractivity contribution in [3.05, 3.63) is 78.9 Å². The lowest BCUT2D eigenvalue weighted by Crippen LogP contribution is -2.35. The second kappa shape index (κ2) is 9.97. The molecule has 1 heterocycles. The Bertz CT molecular complexity index is 1160. The van der Waals surface area contributed by atoms with E-state index in [2.05, 4.69) is 5.32 Å². The maximum atomic E-state index is 12.7. The van der Waals surface area contributed by atoms with Crippen molar-refractivity contribution >= 4 is 21.6 Å². The van der Waals surface area contributed by atoms with Crippen molar-refractivity contribution in [3.63, 3.8) is 0 Å². The minimum absolute atomic E-state index is 0.179. The van der Waals surface area contributed by atoms with Crippen LogP contribution in [0, 0.1) is 0 Å². The van der Waals surface area contributed by atoms with E-state index in [1.165, 1.54) is 16.4 Å². The first kappa shape index (κ1) is 22.0. The Hall–Kier alpha value is -3.16. The van der Waals surface area contributed by atoms with E-state index < -0.39 is 10.0 Å². The number of sulfonamides is 1. The molecule has 0 aromatic heterocycles. The van der Waals surface area contributed by atoms with Gasteiger partial charge in [-0.05, 0) is 48.7 Å². The van der Waals surface area contributed by atoms with Gasteiger partial charge < -0.3 is 10.1 Å². The van der Waals surface area contributed by atoms with Crippen LogP contribution in [0.3, 0.4) is 0 Å². The number of carbonyl (C=O) groups excluding carboxylic acids is 1. The number of carbonyl (C=O) groups is 1. The van der Waals surface area contributed by atoms with E-state index in [1.54, 1.807) is 12.1 Å². The number of benzene rings is 3. The average molecular weight is 451 g/mol. The summed E-state index contributed by atoms with van der Waals surface area (Å²) in [5, 5.41) is 2.89. The van der Waals surface area contributed by atoms with E-state index in [1.807, 2.05) is 54.6 Å². The van der Waals surface area contributed by atoms with Crippen LogP contribution in [0.15, 0.2) is 83.8 Å². The molecule has 1 N–H and O–H groups in total. The smallest absolute Gasteiger partial charge is 0.262 e. The van der Waals surface area contributed by atoms with Gasteiger partial charge in [-0.2, -0.15) is 4.31 Å². The zero-order valence-electron chi connectivity index (χ0n) is 17.7. The molecule has 0 radical (unpaired) electrons. The zero-order valence-corrected chi connectivity index (χ0v) is 18.6.